The van der Waals surface area contributed by atoms with Crippen LogP contribution in [0.15, 0.2) is 42.7 Å². The smallest absolute Gasteiger partial charge is 0.398 e. The maximum absolute atomic E-state index is 12.5. The first kappa shape index (κ1) is 13.1. The summed E-state index contributed by atoms with van der Waals surface area (Å²) in [5.41, 5.74) is 4.81. The number of ketones is 1. The van der Waals surface area contributed by atoms with Crippen LogP contribution in [0.1, 0.15) is 21.5 Å². The number of carbonyl (C=O) groups is 1. The van der Waals surface area contributed by atoms with Crippen LogP contribution in [-0.2, 0) is 6.18 Å². The fourth-order valence-electron chi connectivity index (χ4n) is 1.60. The Bertz CT molecular complexity index is 609. The molecule has 0 saturated carbocycles. The SMILES string of the molecule is Nc1cc(C(F)(F)F)ccc1C(=O)c1ccncc1. The van der Waals surface area contributed by atoms with E-state index in [4.69, 9.17) is 5.73 Å². The molecular formula is C13H9F3N2O. The predicted octanol–water partition coefficient (Wildman–Crippen LogP) is 2.91. The van der Waals surface area contributed by atoms with Gasteiger partial charge < -0.3 is 5.73 Å². The average Bonchev–Trinajstić information content (AvgIpc) is 2.38. The number of pyridine rings is 1. The van der Waals surface area contributed by atoms with Crippen LogP contribution in [0.2, 0.25) is 0 Å². The van der Waals surface area contributed by atoms with Crippen molar-refractivity contribution in [3.05, 3.63) is 59.4 Å². The monoisotopic (exact) mass is 266 g/mol. The van der Waals surface area contributed by atoms with Crippen LogP contribution in [0.3, 0.4) is 0 Å². The second-order valence-corrected chi connectivity index (χ2v) is 3.86. The van der Waals surface area contributed by atoms with E-state index in [-0.39, 0.29) is 11.3 Å². The minimum absolute atomic E-state index is 0.0409. The number of nitrogens with two attached hydrogens (primary N) is 1. The van der Waals surface area contributed by atoms with E-state index in [1.54, 1.807) is 0 Å². The van der Waals surface area contributed by atoms with Gasteiger partial charge in [0.1, 0.15) is 0 Å². The Labute approximate surface area is 106 Å². The zero-order valence-corrected chi connectivity index (χ0v) is 9.61. The number of halogens is 3. The molecule has 0 atom stereocenters. The zero-order chi connectivity index (χ0) is 14.0. The highest BCUT2D eigenvalue weighted by Crippen LogP contribution is 2.31. The Balaban J connectivity index is 2.40. The molecule has 2 aromatic rings. The minimum atomic E-state index is -4.48. The van der Waals surface area contributed by atoms with Gasteiger partial charge in [-0.1, -0.05) is 0 Å². The minimum Gasteiger partial charge on any atom is -0.398 e. The van der Waals surface area contributed by atoms with Crippen molar-refractivity contribution >= 4 is 11.5 Å². The molecule has 0 bridgehead atoms. The number of anilines is 1. The predicted molar refractivity (Wildman–Crippen MR) is 63.5 cm³/mol. The lowest BCUT2D eigenvalue weighted by molar-refractivity contribution is -0.137. The highest BCUT2D eigenvalue weighted by molar-refractivity contribution is 6.12. The van der Waals surface area contributed by atoms with Gasteiger partial charge in [0.05, 0.1) is 5.56 Å². The molecule has 0 fully saturated rings. The van der Waals surface area contributed by atoms with Gasteiger partial charge in [0.25, 0.3) is 0 Å². The van der Waals surface area contributed by atoms with Crippen molar-refractivity contribution in [2.24, 2.45) is 0 Å². The number of hydrogen-bond acceptors (Lipinski definition) is 3. The molecule has 3 nitrogen and oxygen atoms in total. The fraction of sp³-hybridized carbons (Fsp3) is 0.0769. The molecule has 98 valence electrons. The molecule has 2 rings (SSSR count). The lowest BCUT2D eigenvalue weighted by Gasteiger charge is -2.10. The van der Waals surface area contributed by atoms with Crippen LogP contribution in [0.5, 0.6) is 0 Å². The van der Waals surface area contributed by atoms with E-state index in [1.807, 2.05) is 0 Å². The topological polar surface area (TPSA) is 56.0 Å². The molecule has 0 unspecified atom stereocenters. The number of aromatic nitrogens is 1. The molecule has 1 aromatic carbocycles. The van der Waals surface area contributed by atoms with Crippen LogP contribution in [-0.4, -0.2) is 10.8 Å². The average molecular weight is 266 g/mol. The fourth-order valence-corrected chi connectivity index (χ4v) is 1.60. The summed E-state index contributed by atoms with van der Waals surface area (Å²) in [6.45, 7) is 0. The first-order valence-corrected chi connectivity index (χ1v) is 5.31. The van der Waals surface area contributed by atoms with Crippen LogP contribution >= 0.6 is 0 Å². The van der Waals surface area contributed by atoms with E-state index in [0.717, 1.165) is 18.2 Å². The van der Waals surface area contributed by atoms with Gasteiger partial charge in [-0.15, -0.1) is 0 Å². The summed E-state index contributed by atoms with van der Waals surface area (Å²) >= 11 is 0. The highest BCUT2D eigenvalue weighted by atomic mass is 19.4. The quantitative estimate of drug-likeness (QED) is 0.671. The summed E-state index contributed by atoms with van der Waals surface area (Å²) in [6.07, 6.45) is -1.63. The van der Waals surface area contributed by atoms with Crippen LogP contribution in [0.25, 0.3) is 0 Å². The van der Waals surface area contributed by atoms with Gasteiger partial charge >= 0.3 is 6.18 Å². The molecule has 0 saturated heterocycles. The standard InChI is InChI=1S/C13H9F3N2O/c14-13(15,16)9-1-2-10(11(17)7-9)12(19)8-3-5-18-6-4-8/h1-7H,17H2. The largest absolute Gasteiger partial charge is 0.416 e. The van der Waals surface area contributed by atoms with Gasteiger partial charge in [-0.05, 0) is 30.3 Å². The first-order chi connectivity index (χ1) is 8.89. The van der Waals surface area contributed by atoms with Gasteiger partial charge in [-0.2, -0.15) is 13.2 Å². The van der Waals surface area contributed by atoms with E-state index in [0.29, 0.717) is 5.56 Å². The van der Waals surface area contributed by atoms with Crippen molar-refractivity contribution in [3.63, 3.8) is 0 Å². The normalized spacial score (nSPS) is 11.3. The highest BCUT2D eigenvalue weighted by Gasteiger charge is 2.31. The van der Waals surface area contributed by atoms with E-state index >= 15 is 0 Å². The third kappa shape index (κ3) is 2.73. The third-order valence-corrected chi connectivity index (χ3v) is 2.57. The Morgan fingerprint density at radius 3 is 2.26 bits per heavy atom. The lowest BCUT2D eigenvalue weighted by Crippen LogP contribution is -2.10. The molecule has 0 aliphatic rings. The molecule has 0 aliphatic heterocycles. The number of nitrogen functional groups attached to an aromatic ring is 1. The van der Waals surface area contributed by atoms with Crippen LogP contribution in [0, 0.1) is 0 Å². The Kier molecular flexibility index (Phi) is 3.25. The molecule has 1 heterocycles. The number of rotatable bonds is 2. The first-order valence-electron chi connectivity index (χ1n) is 5.31. The van der Waals surface area contributed by atoms with Crippen molar-refractivity contribution in [1.29, 1.82) is 0 Å². The molecule has 0 aliphatic carbocycles. The van der Waals surface area contributed by atoms with Crippen molar-refractivity contribution in [2.45, 2.75) is 6.18 Å². The molecule has 19 heavy (non-hydrogen) atoms. The van der Waals surface area contributed by atoms with Gasteiger partial charge in [-0.3, -0.25) is 9.78 Å². The second kappa shape index (κ2) is 4.72. The zero-order valence-electron chi connectivity index (χ0n) is 9.61. The number of hydrogen-bond donors (Lipinski definition) is 1. The van der Waals surface area contributed by atoms with E-state index in [9.17, 15) is 18.0 Å². The lowest BCUT2D eigenvalue weighted by atomic mass is 10.0. The Hall–Kier alpha value is -2.37. The van der Waals surface area contributed by atoms with Crippen LogP contribution < -0.4 is 5.73 Å². The maximum atomic E-state index is 12.5. The number of benzene rings is 1. The van der Waals surface area contributed by atoms with Gasteiger partial charge in [0.2, 0.25) is 0 Å². The number of nitrogens with zero attached hydrogens (tertiary/aromatic N) is 1. The molecule has 6 heteroatoms. The van der Waals surface area contributed by atoms with E-state index in [1.165, 1.54) is 24.5 Å². The molecule has 0 spiro atoms. The van der Waals surface area contributed by atoms with E-state index < -0.39 is 17.5 Å². The second-order valence-electron chi connectivity index (χ2n) is 3.86. The van der Waals surface area contributed by atoms with Gasteiger partial charge in [-0.25, -0.2) is 0 Å². The molecule has 0 radical (unpaired) electrons. The molecular weight excluding hydrogens is 257 g/mol. The summed E-state index contributed by atoms with van der Waals surface area (Å²) < 4.78 is 37.4. The number of alkyl halides is 3. The summed E-state index contributed by atoms with van der Waals surface area (Å²) in [4.78, 5) is 15.8. The summed E-state index contributed by atoms with van der Waals surface area (Å²) in [5, 5.41) is 0. The van der Waals surface area contributed by atoms with Gasteiger partial charge in [0, 0.05) is 29.2 Å². The van der Waals surface area contributed by atoms with Crippen molar-refractivity contribution in [3.8, 4) is 0 Å². The number of carbonyl (C=O) groups excluding carboxylic acids is 1. The Morgan fingerprint density at radius 1 is 1.11 bits per heavy atom. The van der Waals surface area contributed by atoms with Crippen LogP contribution in [0.4, 0.5) is 18.9 Å². The molecule has 2 N–H and O–H groups in total. The van der Waals surface area contributed by atoms with Crippen molar-refractivity contribution < 1.29 is 18.0 Å². The van der Waals surface area contributed by atoms with Crippen molar-refractivity contribution in [2.75, 3.05) is 5.73 Å². The molecule has 0 amide bonds. The maximum Gasteiger partial charge on any atom is 0.416 e. The summed E-state index contributed by atoms with van der Waals surface area (Å²) in [6, 6.07) is 5.62. The molecule has 1 aromatic heterocycles. The Morgan fingerprint density at radius 2 is 1.74 bits per heavy atom. The third-order valence-electron chi connectivity index (χ3n) is 2.57. The van der Waals surface area contributed by atoms with E-state index in [2.05, 4.69) is 4.98 Å². The van der Waals surface area contributed by atoms with Crippen molar-refractivity contribution in [1.82, 2.24) is 4.98 Å². The van der Waals surface area contributed by atoms with Gasteiger partial charge in [0.15, 0.2) is 5.78 Å². The summed E-state index contributed by atoms with van der Waals surface area (Å²) in [5.74, 6) is -0.436. The summed E-state index contributed by atoms with van der Waals surface area (Å²) in [7, 11) is 0.